The second-order valence-electron chi connectivity index (χ2n) is 4.41. The largest absolute Gasteiger partial charge is 0.478 e. The lowest BCUT2D eigenvalue weighted by Gasteiger charge is -2.17. The molecular formula is C14H16N2O3. The summed E-state index contributed by atoms with van der Waals surface area (Å²) in [5.74, 6) is -0.872. The number of aliphatic carboxylic acids is 1. The van der Waals surface area contributed by atoms with Gasteiger partial charge in [-0.05, 0) is 23.6 Å². The van der Waals surface area contributed by atoms with Gasteiger partial charge in [0.1, 0.15) is 0 Å². The average molecular weight is 260 g/mol. The summed E-state index contributed by atoms with van der Waals surface area (Å²) in [5, 5.41) is 14.4. The number of carboxylic acid groups (broad SMARTS) is 1. The van der Waals surface area contributed by atoms with Gasteiger partial charge in [-0.1, -0.05) is 18.2 Å². The van der Waals surface area contributed by atoms with Crippen molar-refractivity contribution in [3.05, 3.63) is 41.5 Å². The van der Waals surface area contributed by atoms with Gasteiger partial charge in [0.15, 0.2) is 0 Å². The standard InChI is InChI=1S/C14H16N2O3/c17-13-6-4-11-8-10(3-5-12(11)16-13)9-15-7-1-2-14(18)19/h1-3,5,8,15H,4,6-7,9H2,(H,16,17)(H,18,19)/b2-1+. The predicted molar refractivity (Wildman–Crippen MR) is 71.9 cm³/mol. The molecule has 0 aliphatic carbocycles. The first-order chi connectivity index (χ1) is 9.15. The zero-order valence-electron chi connectivity index (χ0n) is 10.5. The Labute approximate surface area is 111 Å². The lowest BCUT2D eigenvalue weighted by molar-refractivity contribution is -0.131. The van der Waals surface area contributed by atoms with E-state index in [2.05, 4.69) is 16.7 Å². The van der Waals surface area contributed by atoms with Crippen LogP contribution in [0.25, 0.3) is 0 Å². The number of benzene rings is 1. The fourth-order valence-electron chi connectivity index (χ4n) is 2.01. The van der Waals surface area contributed by atoms with E-state index in [0.29, 0.717) is 19.5 Å². The van der Waals surface area contributed by atoms with Gasteiger partial charge in [-0.2, -0.15) is 0 Å². The van der Waals surface area contributed by atoms with Crippen molar-refractivity contribution < 1.29 is 14.7 Å². The van der Waals surface area contributed by atoms with Gasteiger partial charge < -0.3 is 15.7 Å². The molecular weight excluding hydrogens is 244 g/mol. The summed E-state index contributed by atoms with van der Waals surface area (Å²) in [6.07, 6.45) is 4.00. The van der Waals surface area contributed by atoms with Crippen molar-refractivity contribution in [1.82, 2.24) is 5.32 Å². The van der Waals surface area contributed by atoms with Gasteiger partial charge in [-0.15, -0.1) is 0 Å². The molecule has 1 amide bonds. The van der Waals surface area contributed by atoms with Gasteiger partial charge in [0.05, 0.1) is 0 Å². The van der Waals surface area contributed by atoms with Crippen molar-refractivity contribution in [3.63, 3.8) is 0 Å². The quantitative estimate of drug-likeness (QED) is 0.551. The van der Waals surface area contributed by atoms with E-state index >= 15 is 0 Å². The number of anilines is 1. The van der Waals surface area contributed by atoms with Crippen LogP contribution in [-0.2, 0) is 22.6 Å². The topological polar surface area (TPSA) is 78.4 Å². The highest BCUT2D eigenvalue weighted by Crippen LogP contribution is 2.23. The van der Waals surface area contributed by atoms with E-state index in [0.717, 1.165) is 29.3 Å². The first-order valence-corrected chi connectivity index (χ1v) is 6.17. The normalized spacial score (nSPS) is 14.2. The fourth-order valence-corrected chi connectivity index (χ4v) is 2.01. The molecule has 0 atom stereocenters. The van der Waals surface area contributed by atoms with Gasteiger partial charge in [0, 0.05) is 31.3 Å². The molecule has 0 unspecified atom stereocenters. The number of carbonyl (C=O) groups excluding carboxylic acids is 1. The molecule has 1 heterocycles. The van der Waals surface area contributed by atoms with Gasteiger partial charge in [-0.3, -0.25) is 4.79 Å². The molecule has 0 saturated carbocycles. The van der Waals surface area contributed by atoms with Crippen LogP contribution < -0.4 is 10.6 Å². The van der Waals surface area contributed by atoms with E-state index in [9.17, 15) is 9.59 Å². The van der Waals surface area contributed by atoms with Crippen LogP contribution in [0.1, 0.15) is 17.5 Å². The Morgan fingerprint density at radius 2 is 2.26 bits per heavy atom. The molecule has 3 N–H and O–H groups in total. The van der Waals surface area contributed by atoms with E-state index in [-0.39, 0.29) is 5.91 Å². The Hall–Kier alpha value is -2.14. The van der Waals surface area contributed by atoms with Gasteiger partial charge in [0.25, 0.3) is 0 Å². The molecule has 1 aromatic carbocycles. The predicted octanol–water partition coefficient (Wildman–Crippen LogP) is 1.30. The molecule has 5 heteroatoms. The molecule has 1 aromatic rings. The highest BCUT2D eigenvalue weighted by Gasteiger charge is 2.14. The Bertz CT molecular complexity index is 523. The van der Waals surface area contributed by atoms with Crippen LogP contribution in [-0.4, -0.2) is 23.5 Å². The molecule has 0 spiro atoms. The van der Waals surface area contributed by atoms with Crippen molar-refractivity contribution >= 4 is 17.6 Å². The Kier molecular flexibility index (Phi) is 4.30. The zero-order chi connectivity index (χ0) is 13.7. The first-order valence-electron chi connectivity index (χ1n) is 6.17. The maximum absolute atomic E-state index is 11.2. The number of hydrogen-bond acceptors (Lipinski definition) is 3. The smallest absolute Gasteiger partial charge is 0.328 e. The Balaban J connectivity index is 1.88. The molecule has 0 fully saturated rings. The van der Waals surface area contributed by atoms with Gasteiger partial charge in [-0.25, -0.2) is 4.79 Å². The third-order valence-corrected chi connectivity index (χ3v) is 2.92. The third-order valence-electron chi connectivity index (χ3n) is 2.92. The number of aryl methyl sites for hydroxylation is 1. The molecule has 0 radical (unpaired) electrons. The third kappa shape index (κ3) is 3.93. The van der Waals surface area contributed by atoms with E-state index < -0.39 is 5.97 Å². The molecule has 100 valence electrons. The molecule has 0 aromatic heterocycles. The van der Waals surface area contributed by atoms with E-state index in [1.165, 1.54) is 0 Å². The SMILES string of the molecule is O=C(O)/C=C/CNCc1ccc2c(c1)CCC(=O)N2. The summed E-state index contributed by atoms with van der Waals surface area (Å²) in [4.78, 5) is 21.5. The minimum Gasteiger partial charge on any atom is -0.478 e. The Morgan fingerprint density at radius 1 is 1.42 bits per heavy atom. The van der Waals surface area contributed by atoms with Crippen LogP contribution in [0.5, 0.6) is 0 Å². The van der Waals surface area contributed by atoms with Crippen molar-refractivity contribution in [2.75, 3.05) is 11.9 Å². The van der Waals surface area contributed by atoms with Crippen LogP contribution in [0.2, 0.25) is 0 Å². The summed E-state index contributed by atoms with van der Waals surface area (Å²) in [6.45, 7) is 1.19. The van der Waals surface area contributed by atoms with Crippen molar-refractivity contribution in [2.45, 2.75) is 19.4 Å². The van der Waals surface area contributed by atoms with Crippen molar-refractivity contribution in [1.29, 1.82) is 0 Å². The lowest BCUT2D eigenvalue weighted by atomic mass is 10.0. The van der Waals surface area contributed by atoms with E-state index in [4.69, 9.17) is 5.11 Å². The number of nitrogens with one attached hydrogen (secondary N) is 2. The van der Waals surface area contributed by atoms with Crippen LogP contribution in [0, 0.1) is 0 Å². The summed E-state index contributed by atoms with van der Waals surface area (Å²) >= 11 is 0. The summed E-state index contributed by atoms with van der Waals surface area (Å²) < 4.78 is 0. The van der Waals surface area contributed by atoms with Crippen LogP contribution in [0.3, 0.4) is 0 Å². The number of fused-ring (bicyclic) bond motifs is 1. The van der Waals surface area contributed by atoms with Gasteiger partial charge in [0.2, 0.25) is 5.91 Å². The number of carbonyl (C=O) groups is 2. The summed E-state index contributed by atoms with van der Waals surface area (Å²) in [5.41, 5.74) is 3.17. The minimum absolute atomic E-state index is 0.0668. The average Bonchev–Trinajstić information content (AvgIpc) is 2.38. The summed E-state index contributed by atoms with van der Waals surface area (Å²) in [6, 6.07) is 5.94. The number of carboxylic acids is 1. The zero-order valence-corrected chi connectivity index (χ0v) is 10.5. The highest BCUT2D eigenvalue weighted by molar-refractivity contribution is 5.93. The molecule has 19 heavy (non-hydrogen) atoms. The van der Waals surface area contributed by atoms with Gasteiger partial charge >= 0.3 is 5.97 Å². The molecule has 0 bridgehead atoms. The maximum atomic E-state index is 11.2. The van der Waals surface area contributed by atoms with Crippen LogP contribution in [0.15, 0.2) is 30.4 Å². The lowest BCUT2D eigenvalue weighted by Crippen LogP contribution is -2.19. The maximum Gasteiger partial charge on any atom is 0.328 e. The molecule has 0 saturated heterocycles. The second-order valence-corrected chi connectivity index (χ2v) is 4.41. The molecule has 5 nitrogen and oxygen atoms in total. The molecule has 2 rings (SSSR count). The second kappa shape index (κ2) is 6.15. The van der Waals surface area contributed by atoms with Crippen molar-refractivity contribution in [2.24, 2.45) is 0 Å². The van der Waals surface area contributed by atoms with Crippen molar-refractivity contribution in [3.8, 4) is 0 Å². The fraction of sp³-hybridized carbons (Fsp3) is 0.286. The Morgan fingerprint density at radius 3 is 3.05 bits per heavy atom. The summed E-state index contributed by atoms with van der Waals surface area (Å²) in [7, 11) is 0. The monoisotopic (exact) mass is 260 g/mol. The van der Waals surface area contributed by atoms with E-state index in [1.54, 1.807) is 6.08 Å². The number of rotatable bonds is 5. The van der Waals surface area contributed by atoms with E-state index in [1.807, 2.05) is 12.1 Å². The highest BCUT2D eigenvalue weighted by atomic mass is 16.4. The van der Waals surface area contributed by atoms with Crippen LogP contribution in [0.4, 0.5) is 5.69 Å². The molecule has 1 aliphatic heterocycles. The number of amides is 1. The molecule has 1 aliphatic rings. The minimum atomic E-state index is -0.939. The van der Waals surface area contributed by atoms with Crippen LogP contribution >= 0.6 is 0 Å². The number of hydrogen-bond donors (Lipinski definition) is 3. The first kappa shape index (κ1) is 13.3.